The molecule has 0 radical (unpaired) electrons. The molecule has 1 unspecified atom stereocenters. The van der Waals surface area contributed by atoms with Crippen LogP contribution in [0.25, 0.3) is 0 Å². The smallest absolute Gasteiger partial charge is 0.233 e. The van der Waals surface area contributed by atoms with E-state index in [1.165, 1.54) is 31.3 Å². The van der Waals surface area contributed by atoms with E-state index in [1.54, 1.807) is 18.2 Å². The van der Waals surface area contributed by atoms with E-state index in [0.717, 1.165) is 6.07 Å². The van der Waals surface area contributed by atoms with E-state index in [1.807, 2.05) is 0 Å². The molecule has 122 valence electrons. The third-order valence-corrected chi connectivity index (χ3v) is 4.42. The Morgan fingerprint density at radius 2 is 2.04 bits per heavy atom. The lowest BCUT2D eigenvalue weighted by atomic mass is 10.2. The Morgan fingerprint density at radius 1 is 1.26 bits per heavy atom. The van der Waals surface area contributed by atoms with Crippen molar-refractivity contribution in [2.45, 2.75) is 6.92 Å². The van der Waals surface area contributed by atoms with Gasteiger partial charge in [0.15, 0.2) is 0 Å². The van der Waals surface area contributed by atoms with E-state index in [-0.39, 0.29) is 5.69 Å². The minimum atomic E-state index is -3.79. The number of carbonyl (C=O) groups excluding carboxylic acids is 1. The second kappa shape index (κ2) is 7.19. The normalized spacial score (nSPS) is 12.4. The fourth-order valence-electron chi connectivity index (χ4n) is 1.86. The molecule has 0 spiro atoms. The van der Waals surface area contributed by atoms with Gasteiger partial charge in [-0.25, -0.2) is 17.8 Å². The van der Waals surface area contributed by atoms with Gasteiger partial charge in [0.1, 0.15) is 11.6 Å². The van der Waals surface area contributed by atoms with Crippen molar-refractivity contribution in [3.05, 3.63) is 54.5 Å². The van der Waals surface area contributed by atoms with Gasteiger partial charge < -0.3 is 5.32 Å². The highest BCUT2D eigenvalue weighted by molar-refractivity contribution is 7.92. The van der Waals surface area contributed by atoms with Crippen molar-refractivity contribution in [3.8, 4) is 0 Å². The van der Waals surface area contributed by atoms with Crippen LogP contribution in [0.4, 0.5) is 15.9 Å². The molecule has 0 saturated heterocycles. The molecule has 0 aliphatic heterocycles. The number of amides is 1. The van der Waals surface area contributed by atoms with Crippen molar-refractivity contribution in [2.75, 3.05) is 15.8 Å². The van der Waals surface area contributed by atoms with Crippen molar-refractivity contribution in [1.82, 2.24) is 4.98 Å². The number of benzene rings is 1. The molecule has 6 nitrogen and oxygen atoms in total. The number of nitrogens with one attached hydrogen (secondary N) is 2. The summed E-state index contributed by atoms with van der Waals surface area (Å²) in [5.41, 5.74) is 0.113. The number of halogens is 1. The summed E-state index contributed by atoms with van der Waals surface area (Å²) < 4.78 is 39.4. The average molecular weight is 337 g/mol. The molecular formula is C15H16FN3O3S. The monoisotopic (exact) mass is 337 g/mol. The van der Waals surface area contributed by atoms with Crippen molar-refractivity contribution >= 4 is 27.4 Å². The van der Waals surface area contributed by atoms with E-state index in [2.05, 4.69) is 15.0 Å². The van der Waals surface area contributed by atoms with Crippen LogP contribution in [-0.2, 0) is 14.8 Å². The zero-order valence-electron chi connectivity index (χ0n) is 12.4. The molecule has 2 N–H and O–H groups in total. The maximum Gasteiger partial charge on any atom is 0.233 e. The summed E-state index contributed by atoms with van der Waals surface area (Å²) >= 11 is 0. The van der Waals surface area contributed by atoms with Gasteiger partial charge in [0.2, 0.25) is 15.9 Å². The lowest BCUT2D eigenvalue weighted by Crippen LogP contribution is -2.30. The predicted molar refractivity (Wildman–Crippen MR) is 85.8 cm³/mol. The number of pyridine rings is 1. The fraction of sp³-hybridized carbons (Fsp3) is 0.200. The standard InChI is InChI=1S/C15H16FN3O3S/c1-11(15(20)18-14-7-2-3-8-17-14)10-23(21,22)19-13-6-4-5-12(16)9-13/h2-9,11,19H,10H2,1H3,(H,17,18,20). The van der Waals surface area contributed by atoms with Gasteiger partial charge in [-0.3, -0.25) is 9.52 Å². The Morgan fingerprint density at radius 3 is 2.70 bits per heavy atom. The number of carbonyl (C=O) groups is 1. The van der Waals surface area contributed by atoms with Crippen LogP contribution in [0.5, 0.6) is 0 Å². The van der Waals surface area contributed by atoms with Crippen LogP contribution >= 0.6 is 0 Å². The van der Waals surface area contributed by atoms with Gasteiger partial charge in [0, 0.05) is 6.20 Å². The highest BCUT2D eigenvalue weighted by Crippen LogP contribution is 2.13. The number of rotatable bonds is 6. The number of aromatic nitrogens is 1. The largest absolute Gasteiger partial charge is 0.310 e. The van der Waals surface area contributed by atoms with Crippen molar-refractivity contribution in [1.29, 1.82) is 0 Å². The van der Waals surface area contributed by atoms with E-state index in [9.17, 15) is 17.6 Å². The molecule has 1 heterocycles. The molecule has 0 saturated carbocycles. The molecule has 23 heavy (non-hydrogen) atoms. The topological polar surface area (TPSA) is 88.2 Å². The highest BCUT2D eigenvalue weighted by atomic mass is 32.2. The highest BCUT2D eigenvalue weighted by Gasteiger charge is 2.22. The van der Waals surface area contributed by atoms with Gasteiger partial charge in [-0.05, 0) is 30.3 Å². The molecule has 2 rings (SSSR count). The maximum absolute atomic E-state index is 13.1. The zero-order valence-corrected chi connectivity index (χ0v) is 13.2. The molecule has 0 bridgehead atoms. The first-order chi connectivity index (χ1) is 10.9. The van der Waals surface area contributed by atoms with Crippen molar-refractivity contribution < 1.29 is 17.6 Å². The van der Waals surface area contributed by atoms with Gasteiger partial charge in [-0.1, -0.05) is 19.1 Å². The Bertz CT molecular complexity index is 782. The second-order valence-electron chi connectivity index (χ2n) is 5.00. The summed E-state index contributed by atoms with van der Waals surface area (Å²) in [5, 5.41) is 2.53. The molecule has 8 heteroatoms. The van der Waals surface area contributed by atoms with Crippen molar-refractivity contribution in [3.63, 3.8) is 0 Å². The molecule has 0 aliphatic rings. The molecular weight excluding hydrogens is 321 g/mol. The first-order valence-electron chi connectivity index (χ1n) is 6.84. The summed E-state index contributed by atoms with van der Waals surface area (Å²) in [6.45, 7) is 1.49. The number of hydrogen-bond donors (Lipinski definition) is 2. The maximum atomic E-state index is 13.1. The molecule has 1 aromatic carbocycles. The van der Waals surface area contributed by atoms with Gasteiger partial charge in [-0.15, -0.1) is 0 Å². The third-order valence-electron chi connectivity index (χ3n) is 2.93. The van der Waals surface area contributed by atoms with Crippen LogP contribution in [0.3, 0.4) is 0 Å². The first kappa shape index (κ1) is 16.9. The predicted octanol–water partition coefficient (Wildman–Crippen LogP) is 2.24. The van der Waals surface area contributed by atoms with Crippen molar-refractivity contribution in [2.24, 2.45) is 5.92 Å². The van der Waals surface area contributed by atoms with Crippen LogP contribution in [0.1, 0.15) is 6.92 Å². The van der Waals surface area contributed by atoms with Gasteiger partial charge in [0.25, 0.3) is 0 Å². The number of sulfonamides is 1. The molecule has 2 aromatic rings. The van der Waals surface area contributed by atoms with E-state index in [0.29, 0.717) is 5.82 Å². The number of hydrogen-bond acceptors (Lipinski definition) is 4. The lowest BCUT2D eigenvalue weighted by Gasteiger charge is -2.13. The number of anilines is 2. The Hall–Kier alpha value is -2.48. The fourth-order valence-corrected chi connectivity index (χ4v) is 3.24. The van der Waals surface area contributed by atoms with Crippen LogP contribution in [0.2, 0.25) is 0 Å². The quantitative estimate of drug-likeness (QED) is 0.846. The number of nitrogens with zero attached hydrogens (tertiary/aromatic N) is 1. The van der Waals surface area contributed by atoms with Crippen LogP contribution < -0.4 is 10.0 Å². The second-order valence-corrected chi connectivity index (χ2v) is 6.77. The Labute approximate surface area is 133 Å². The summed E-state index contributed by atoms with van der Waals surface area (Å²) in [4.78, 5) is 15.9. The van der Waals surface area contributed by atoms with Gasteiger partial charge in [-0.2, -0.15) is 0 Å². The molecule has 0 fully saturated rings. The first-order valence-corrected chi connectivity index (χ1v) is 8.49. The van der Waals surface area contributed by atoms with Gasteiger partial charge in [0.05, 0.1) is 17.4 Å². The summed E-state index contributed by atoms with van der Waals surface area (Å²) in [5.74, 6) is -1.90. The zero-order chi connectivity index (χ0) is 16.9. The SMILES string of the molecule is CC(CS(=O)(=O)Nc1cccc(F)c1)C(=O)Nc1ccccn1. The van der Waals surface area contributed by atoms with E-state index >= 15 is 0 Å². The third kappa shape index (κ3) is 5.33. The van der Waals surface area contributed by atoms with Gasteiger partial charge >= 0.3 is 0 Å². The van der Waals surface area contributed by atoms with Crippen LogP contribution in [-0.4, -0.2) is 25.1 Å². The lowest BCUT2D eigenvalue weighted by molar-refractivity contribution is -0.118. The average Bonchev–Trinajstić information content (AvgIpc) is 2.47. The molecule has 1 aromatic heterocycles. The summed E-state index contributed by atoms with van der Waals surface area (Å²) in [6, 6.07) is 10.1. The molecule has 1 amide bonds. The molecule has 0 aliphatic carbocycles. The summed E-state index contributed by atoms with van der Waals surface area (Å²) in [7, 11) is -3.79. The minimum absolute atomic E-state index is 0.113. The van der Waals surface area contributed by atoms with E-state index < -0.39 is 33.4 Å². The molecule has 1 atom stereocenters. The summed E-state index contributed by atoms with van der Waals surface area (Å²) in [6.07, 6.45) is 1.52. The minimum Gasteiger partial charge on any atom is -0.310 e. The van der Waals surface area contributed by atoms with Crippen LogP contribution in [0, 0.1) is 11.7 Å². The van der Waals surface area contributed by atoms with Crippen LogP contribution in [0.15, 0.2) is 48.7 Å². The Balaban J connectivity index is 1.97. The Kier molecular flexibility index (Phi) is 5.28. The van der Waals surface area contributed by atoms with E-state index in [4.69, 9.17) is 0 Å².